The van der Waals surface area contributed by atoms with Crippen LogP contribution in [0.3, 0.4) is 0 Å². The lowest BCUT2D eigenvalue weighted by Gasteiger charge is -2.09. The number of halogens is 1. The Balaban J connectivity index is 0. The van der Waals surface area contributed by atoms with Gasteiger partial charge in [0.05, 0.1) is 13.2 Å². The molecule has 13 heavy (non-hydrogen) atoms. The first-order chi connectivity index (χ1) is 5.81. The van der Waals surface area contributed by atoms with E-state index in [9.17, 15) is 0 Å². The van der Waals surface area contributed by atoms with E-state index in [1.165, 1.54) is 0 Å². The summed E-state index contributed by atoms with van der Waals surface area (Å²) in [6.45, 7) is 5.37. The molecule has 3 nitrogen and oxygen atoms in total. The summed E-state index contributed by atoms with van der Waals surface area (Å²) >= 11 is 0. The molecule has 0 aliphatic carbocycles. The summed E-state index contributed by atoms with van der Waals surface area (Å²) in [5, 5.41) is 0. The molecule has 0 aliphatic rings. The van der Waals surface area contributed by atoms with Gasteiger partial charge in [-0.3, -0.25) is 0 Å². The molecule has 0 amide bonds. The number of rotatable bonds is 8. The van der Waals surface area contributed by atoms with E-state index >= 15 is 0 Å². The van der Waals surface area contributed by atoms with E-state index in [1.54, 1.807) is 0 Å². The highest BCUT2D eigenvalue weighted by atomic mass is 35.5. The molecule has 0 spiro atoms. The Kier molecular flexibility index (Phi) is 15.6. The van der Waals surface area contributed by atoms with E-state index < -0.39 is 8.60 Å². The molecule has 0 heterocycles. The summed E-state index contributed by atoms with van der Waals surface area (Å²) in [4.78, 5) is 9.12. The van der Waals surface area contributed by atoms with Crippen molar-refractivity contribution in [2.75, 3.05) is 13.2 Å². The lowest BCUT2D eigenvalue weighted by atomic mass is 10.4. The standard InChI is InChI=1S/C8H19O3P.ClH/c1-3-5-7-10-12(9)11-8-6-4-2;/h9H,3-8H2,1-2H3;1H. The van der Waals surface area contributed by atoms with Gasteiger partial charge in [-0.05, 0) is 12.8 Å². The Morgan fingerprint density at radius 3 is 1.69 bits per heavy atom. The Morgan fingerprint density at radius 2 is 1.38 bits per heavy atom. The van der Waals surface area contributed by atoms with Crippen molar-refractivity contribution in [1.82, 2.24) is 0 Å². The van der Waals surface area contributed by atoms with Crippen LogP contribution in [0.5, 0.6) is 0 Å². The Hall–Kier alpha value is 0.600. The summed E-state index contributed by atoms with van der Waals surface area (Å²) in [7, 11) is -1.60. The zero-order valence-corrected chi connectivity index (χ0v) is 10.1. The highest BCUT2D eigenvalue weighted by Crippen LogP contribution is 2.32. The maximum absolute atomic E-state index is 9.12. The van der Waals surface area contributed by atoms with Crippen molar-refractivity contribution in [1.29, 1.82) is 0 Å². The van der Waals surface area contributed by atoms with Crippen LogP contribution < -0.4 is 0 Å². The van der Waals surface area contributed by atoms with Gasteiger partial charge in [-0.25, -0.2) is 0 Å². The minimum absolute atomic E-state index is 0. The molecule has 5 heteroatoms. The molecule has 0 aromatic rings. The summed E-state index contributed by atoms with van der Waals surface area (Å²) in [6.07, 6.45) is 4.13. The van der Waals surface area contributed by atoms with E-state index in [4.69, 9.17) is 13.9 Å². The van der Waals surface area contributed by atoms with E-state index in [1.807, 2.05) is 0 Å². The van der Waals surface area contributed by atoms with Crippen LogP contribution in [0.15, 0.2) is 0 Å². The maximum Gasteiger partial charge on any atom is 0.329 e. The molecular weight excluding hydrogens is 211 g/mol. The molecule has 0 radical (unpaired) electrons. The van der Waals surface area contributed by atoms with Gasteiger partial charge in [-0.2, -0.15) is 0 Å². The van der Waals surface area contributed by atoms with Gasteiger partial charge in [0.1, 0.15) is 0 Å². The Morgan fingerprint density at radius 1 is 1.00 bits per heavy atom. The lowest BCUT2D eigenvalue weighted by Crippen LogP contribution is -1.94. The van der Waals surface area contributed by atoms with Crippen molar-refractivity contribution in [3.05, 3.63) is 0 Å². The van der Waals surface area contributed by atoms with Crippen LogP contribution in [-0.2, 0) is 9.05 Å². The first-order valence-electron chi connectivity index (χ1n) is 4.56. The van der Waals surface area contributed by atoms with Gasteiger partial charge < -0.3 is 13.9 Å². The average molecular weight is 231 g/mol. The van der Waals surface area contributed by atoms with Crippen LogP contribution in [0.2, 0.25) is 0 Å². The van der Waals surface area contributed by atoms with E-state index in [0.717, 1.165) is 25.7 Å². The van der Waals surface area contributed by atoms with Gasteiger partial charge in [-0.1, -0.05) is 26.7 Å². The van der Waals surface area contributed by atoms with E-state index in [0.29, 0.717) is 13.2 Å². The highest BCUT2D eigenvalue weighted by molar-refractivity contribution is 7.40. The number of hydrogen-bond acceptors (Lipinski definition) is 3. The minimum atomic E-state index is -1.60. The quantitative estimate of drug-likeness (QED) is 0.514. The normalized spacial score (nSPS) is 10.2. The van der Waals surface area contributed by atoms with Crippen LogP contribution in [0.25, 0.3) is 0 Å². The minimum Gasteiger partial charge on any atom is -0.328 e. The zero-order chi connectivity index (χ0) is 9.23. The smallest absolute Gasteiger partial charge is 0.328 e. The summed E-state index contributed by atoms with van der Waals surface area (Å²) in [5.41, 5.74) is 0. The molecule has 0 unspecified atom stereocenters. The Bertz CT molecular complexity index is 85.5. The van der Waals surface area contributed by atoms with Gasteiger partial charge >= 0.3 is 8.60 Å². The molecule has 0 aliphatic heterocycles. The van der Waals surface area contributed by atoms with Crippen molar-refractivity contribution in [2.45, 2.75) is 39.5 Å². The topological polar surface area (TPSA) is 38.7 Å². The second-order valence-electron chi connectivity index (χ2n) is 2.61. The first kappa shape index (κ1) is 16.0. The van der Waals surface area contributed by atoms with Crippen molar-refractivity contribution in [2.24, 2.45) is 0 Å². The molecule has 0 atom stereocenters. The van der Waals surface area contributed by atoms with Gasteiger partial charge in [0.2, 0.25) is 0 Å². The third-order valence-electron chi connectivity index (χ3n) is 1.40. The fourth-order valence-electron chi connectivity index (χ4n) is 0.611. The van der Waals surface area contributed by atoms with Crippen LogP contribution in [0.4, 0.5) is 0 Å². The third kappa shape index (κ3) is 12.6. The second-order valence-corrected chi connectivity index (χ2v) is 3.60. The predicted molar refractivity (Wildman–Crippen MR) is 58.1 cm³/mol. The molecule has 0 rings (SSSR count). The maximum atomic E-state index is 9.12. The SMILES string of the molecule is CCCCOP(O)OCCCC.Cl. The van der Waals surface area contributed by atoms with E-state index in [-0.39, 0.29) is 12.4 Å². The molecule has 0 aromatic heterocycles. The van der Waals surface area contributed by atoms with Gasteiger partial charge in [0.15, 0.2) is 0 Å². The van der Waals surface area contributed by atoms with Gasteiger partial charge in [-0.15, -0.1) is 12.4 Å². The largest absolute Gasteiger partial charge is 0.329 e. The molecule has 0 saturated carbocycles. The molecule has 82 valence electrons. The van der Waals surface area contributed by atoms with Crippen molar-refractivity contribution in [3.63, 3.8) is 0 Å². The fraction of sp³-hybridized carbons (Fsp3) is 1.00. The average Bonchev–Trinajstić information content (AvgIpc) is 2.06. The predicted octanol–water partition coefficient (Wildman–Crippen LogP) is 3.26. The van der Waals surface area contributed by atoms with Crippen molar-refractivity contribution in [3.8, 4) is 0 Å². The van der Waals surface area contributed by atoms with Crippen LogP contribution in [0.1, 0.15) is 39.5 Å². The Labute approximate surface area is 88.2 Å². The molecular formula is C8H20ClO3P. The fourth-order valence-corrected chi connectivity index (χ4v) is 1.26. The van der Waals surface area contributed by atoms with Crippen LogP contribution in [-0.4, -0.2) is 18.1 Å². The molecule has 1 N–H and O–H groups in total. The molecule has 0 aromatic carbocycles. The van der Waals surface area contributed by atoms with Gasteiger partial charge in [0, 0.05) is 0 Å². The number of unbranched alkanes of at least 4 members (excludes halogenated alkanes) is 2. The second kappa shape index (κ2) is 12.6. The zero-order valence-electron chi connectivity index (χ0n) is 8.36. The summed E-state index contributed by atoms with van der Waals surface area (Å²) < 4.78 is 10.1. The lowest BCUT2D eigenvalue weighted by molar-refractivity contribution is 0.196. The van der Waals surface area contributed by atoms with Gasteiger partial charge in [0.25, 0.3) is 0 Å². The molecule has 0 fully saturated rings. The molecule has 0 bridgehead atoms. The highest BCUT2D eigenvalue weighted by Gasteiger charge is 2.04. The monoisotopic (exact) mass is 230 g/mol. The van der Waals surface area contributed by atoms with Crippen molar-refractivity contribution < 1.29 is 13.9 Å². The van der Waals surface area contributed by atoms with E-state index in [2.05, 4.69) is 13.8 Å². The number of hydrogen-bond donors (Lipinski definition) is 1. The molecule has 0 saturated heterocycles. The third-order valence-corrected chi connectivity index (χ3v) is 2.21. The van der Waals surface area contributed by atoms with Crippen molar-refractivity contribution >= 4 is 21.0 Å². The summed E-state index contributed by atoms with van der Waals surface area (Å²) in [5.74, 6) is 0. The summed E-state index contributed by atoms with van der Waals surface area (Å²) in [6, 6.07) is 0. The first-order valence-corrected chi connectivity index (χ1v) is 5.69. The van der Waals surface area contributed by atoms with Crippen LogP contribution in [0, 0.1) is 0 Å². The van der Waals surface area contributed by atoms with Crippen LogP contribution >= 0.6 is 21.0 Å².